The fraction of sp³-hybridized carbons (Fsp3) is 0.550. The molecular weight excluding hydrogens is 402 g/mol. The van der Waals surface area contributed by atoms with Crippen molar-refractivity contribution >= 4 is 17.8 Å². The predicted octanol–water partition coefficient (Wildman–Crippen LogP) is 0.103. The van der Waals surface area contributed by atoms with E-state index in [1.165, 1.54) is 0 Å². The summed E-state index contributed by atoms with van der Waals surface area (Å²) in [6.45, 7) is 4.62. The number of rotatable bonds is 7. The highest BCUT2D eigenvalue weighted by atomic mass is 16.5. The Morgan fingerprint density at radius 1 is 1.29 bits per heavy atom. The Labute approximate surface area is 180 Å². The lowest BCUT2D eigenvalue weighted by Crippen LogP contribution is -2.52. The molecule has 0 aromatic carbocycles. The monoisotopic (exact) mass is 429 g/mol. The molecule has 2 fully saturated rings. The van der Waals surface area contributed by atoms with Gasteiger partial charge in [-0.15, -0.1) is 0 Å². The molecule has 1 aliphatic carbocycles. The van der Waals surface area contributed by atoms with E-state index in [0.717, 1.165) is 0 Å². The van der Waals surface area contributed by atoms with Crippen LogP contribution in [0.3, 0.4) is 0 Å². The van der Waals surface area contributed by atoms with E-state index >= 15 is 0 Å². The Balaban J connectivity index is 1.52. The maximum absolute atomic E-state index is 11.9. The van der Waals surface area contributed by atoms with Gasteiger partial charge in [0.15, 0.2) is 0 Å². The van der Waals surface area contributed by atoms with Gasteiger partial charge in [-0.3, -0.25) is 4.79 Å². The number of aromatic nitrogens is 4. The summed E-state index contributed by atoms with van der Waals surface area (Å²) < 4.78 is 11.6. The number of morpholine rings is 1. The van der Waals surface area contributed by atoms with Crippen molar-refractivity contribution in [2.24, 2.45) is 0 Å². The van der Waals surface area contributed by atoms with Gasteiger partial charge in [-0.05, 0) is 6.92 Å². The summed E-state index contributed by atoms with van der Waals surface area (Å²) in [6, 6.07) is 1.84. The Hall–Kier alpha value is -3.05. The Morgan fingerprint density at radius 3 is 2.65 bits per heavy atom. The van der Waals surface area contributed by atoms with Gasteiger partial charge in [0.1, 0.15) is 12.7 Å². The van der Waals surface area contributed by atoms with Crippen LogP contribution in [0.2, 0.25) is 0 Å². The summed E-state index contributed by atoms with van der Waals surface area (Å²) in [5, 5.41) is 9.15. The number of carbonyl (C=O) groups excluding carboxylic acids is 1. The number of nitrogens with zero attached hydrogens (tertiary/aromatic N) is 6. The van der Waals surface area contributed by atoms with Crippen LogP contribution in [0.1, 0.15) is 19.8 Å². The second kappa shape index (κ2) is 9.40. The minimum absolute atomic E-state index is 0.0616. The molecule has 0 unspecified atom stereocenters. The van der Waals surface area contributed by atoms with Crippen molar-refractivity contribution in [1.29, 1.82) is 0 Å². The SMILES string of the molecule is CCN(C(=O)CO)C1CC(Oc2cc(-c3cnc(N)nc3)nc(N3CCOCC3)n2)C1. The molecule has 0 spiro atoms. The zero-order chi connectivity index (χ0) is 21.8. The molecule has 11 nitrogen and oxygen atoms in total. The maximum atomic E-state index is 11.9. The number of anilines is 2. The van der Waals surface area contributed by atoms with Crippen LogP contribution in [0.25, 0.3) is 11.3 Å². The summed E-state index contributed by atoms with van der Waals surface area (Å²) in [5.41, 5.74) is 6.97. The average molecular weight is 429 g/mol. The van der Waals surface area contributed by atoms with E-state index in [1.807, 2.05) is 6.92 Å². The predicted molar refractivity (Wildman–Crippen MR) is 112 cm³/mol. The molecule has 2 aliphatic rings. The second-order valence-corrected chi connectivity index (χ2v) is 7.52. The Kier molecular flexibility index (Phi) is 6.42. The number of amides is 1. The number of aliphatic hydroxyl groups excluding tert-OH is 1. The van der Waals surface area contributed by atoms with Gasteiger partial charge >= 0.3 is 0 Å². The first-order chi connectivity index (χ1) is 15.1. The van der Waals surface area contributed by atoms with E-state index in [-0.39, 0.29) is 24.0 Å². The van der Waals surface area contributed by atoms with E-state index in [2.05, 4.69) is 24.8 Å². The fourth-order valence-corrected chi connectivity index (χ4v) is 3.78. The third-order valence-corrected chi connectivity index (χ3v) is 5.55. The molecule has 0 bridgehead atoms. The van der Waals surface area contributed by atoms with Crippen LogP contribution in [0.4, 0.5) is 11.9 Å². The van der Waals surface area contributed by atoms with E-state index in [0.29, 0.717) is 68.8 Å². The topological polar surface area (TPSA) is 140 Å². The Bertz CT molecular complexity index is 899. The lowest BCUT2D eigenvalue weighted by Gasteiger charge is -2.42. The van der Waals surface area contributed by atoms with E-state index in [1.54, 1.807) is 23.4 Å². The highest BCUT2D eigenvalue weighted by Crippen LogP contribution is 2.31. The molecule has 4 rings (SSSR count). The molecule has 1 saturated carbocycles. The molecule has 0 radical (unpaired) electrons. The van der Waals surface area contributed by atoms with Gasteiger partial charge in [0.2, 0.25) is 23.7 Å². The summed E-state index contributed by atoms with van der Waals surface area (Å²) >= 11 is 0. The van der Waals surface area contributed by atoms with E-state index in [4.69, 9.17) is 20.3 Å². The normalized spacial score (nSPS) is 20.8. The summed E-state index contributed by atoms with van der Waals surface area (Å²) in [5.74, 6) is 0.965. The molecule has 11 heteroatoms. The van der Waals surface area contributed by atoms with E-state index in [9.17, 15) is 4.79 Å². The number of hydrogen-bond donors (Lipinski definition) is 2. The highest BCUT2D eigenvalue weighted by molar-refractivity contribution is 5.77. The van der Waals surface area contributed by atoms with Crippen LogP contribution in [0.15, 0.2) is 18.5 Å². The number of nitrogen functional groups attached to an aromatic ring is 1. The van der Waals surface area contributed by atoms with Gasteiger partial charge in [-0.25, -0.2) is 15.0 Å². The first-order valence-corrected chi connectivity index (χ1v) is 10.4. The zero-order valence-electron chi connectivity index (χ0n) is 17.5. The molecule has 166 valence electrons. The molecule has 3 N–H and O–H groups in total. The first-order valence-electron chi connectivity index (χ1n) is 10.4. The molecule has 2 aromatic heterocycles. The van der Waals surface area contributed by atoms with Crippen LogP contribution >= 0.6 is 0 Å². The minimum atomic E-state index is -0.475. The molecule has 0 atom stereocenters. The number of nitrogens with two attached hydrogens (primary N) is 1. The number of ether oxygens (including phenoxy) is 2. The summed E-state index contributed by atoms with van der Waals surface area (Å²) in [6.07, 6.45) is 4.56. The lowest BCUT2D eigenvalue weighted by atomic mass is 9.87. The van der Waals surface area contributed by atoms with Crippen molar-refractivity contribution in [2.45, 2.75) is 31.9 Å². The number of hydrogen-bond acceptors (Lipinski definition) is 10. The minimum Gasteiger partial charge on any atom is -0.474 e. The first kappa shape index (κ1) is 21.2. The summed E-state index contributed by atoms with van der Waals surface area (Å²) in [7, 11) is 0. The van der Waals surface area contributed by atoms with Crippen molar-refractivity contribution < 1.29 is 19.4 Å². The fourth-order valence-electron chi connectivity index (χ4n) is 3.78. The maximum Gasteiger partial charge on any atom is 0.248 e. The van der Waals surface area contributed by atoms with Gasteiger partial charge in [0, 0.05) is 62.5 Å². The van der Waals surface area contributed by atoms with Gasteiger partial charge in [-0.2, -0.15) is 4.98 Å². The van der Waals surface area contributed by atoms with Crippen molar-refractivity contribution in [3.63, 3.8) is 0 Å². The third kappa shape index (κ3) is 4.83. The van der Waals surface area contributed by atoms with Crippen molar-refractivity contribution in [3.05, 3.63) is 18.5 Å². The van der Waals surface area contributed by atoms with Crippen LogP contribution in [-0.2, 0) is 9.53 Å². The number of likely N-dealkylation sites (N-methyl/N-ethyl adjacent to an activating group) is 1. The lowest BCUT2D eigenvalue weighted by molar-refractivity contribution is -0.140. The molecule has 3 heterocycles. The van der Waals surface area contributed by atoms with Gasteiger partial charge in [0.05, 0.1) is 18.9 Å². The Morgan fingerprint density at radius 2 is 2.00 bits per heavy atom. The highest BCUT2D eigenvalue weighted by Gasteiger charge is 2.37. The van der Waals surface area contributed by atoms with Gasteiger partial charge < -0.3 is 30.1 Å². The van der Waals surface area contributed by atoms with Crippen molar-refractivity contribution in [1.82, 2.24) is 24.8 Å². The van der Waals surface area contributed by atoms with Gasteiger partial charge in [-0.1, -0.05) is 0 Å². The quantitative estimate of drug-likeness (QED) is 0.623. The summed E-state index contributed by atoms with van der Waals surface area (Å²) in [4.78, 5) is 33.0. The molecule has 31 heavy (non-hydrogen) atoms. The smallest absolute Gasteiger partial charge is 0.248 e. The van der Waals surface area contributed by atoms with E-state index < -0.39 is 6.61 Å². The second-order valence-electron chi connectivity index (χ2n) is 7.52. The molecule has 1 saturated heterocycles. The third-order valence-electron chi connectivity index (χ3n) is 5.55. The van der Waals surface area contributed by atoms with Crippen molar-refractivity contribution in [3.8, 4) is 17.1 Å². The largest absolute Gasteiger partial charge is 0.474 e. The van der Waals surface area contributed by atoms with Crippen molar-refractivity contribution in [2.75, 3.05) is 50.1 Å². The number of aliphatic hydroxyl groups is 1. The van der Waals surface area contributed by atoms with Crippen LogP contribution < -0.4 is 15.4 Å². The molecule has 1 aliphatic heterocycles. The molecule has 1 amide bonds. The standard InChI is InChI=1S/C20H27N7O4/c1-2-27(18(29)12-28)14-7-15(8-14)31-17-9-16(13-10-22-19(21)23-11-13)24-20(25-17)26-3-5-30-6-4-26/h9-11,14-15,28H,2-8,12H2,1H3,(H2,21,22,23). The van der Waals surface area contributed by atoms with Gasteiger partial charge in [0.25, 0.3) is 0 Å². The molecule has 2 aromatic rings. The van der Waals surface area contributed by atoms with Crippen LogP contribution in [-0.4, -0.2) is 87.5 Å². The van der Waals surface area contributed by atoms with Crippen LogP contribution in [0, 0.1) is 0 Å². The molecular formula is C20H27N7O4. The zero-order valence-corrected chi connectivity index (χ0v) is 17.5. The average Bonchev–Trinajstić information content (AvgIpc) is 2.78. The van der Waals surface area contributed by atoms with Crippen LogP contribution in [0.5, 0.6) is 5.88 Å². The number of carbonyl (C=O) groups is 1.